The van der Waals surface area contributed by atoms with Crippen LogP contribution in [0.15, 0.2) is 76.4 Å². The first-order valence-electron chi connectivity index (χ1n) is 10.6. The number of methoxy groups -OCH3 is 2. The van der Waals surface area contributed by atoms with E-state index in [0.29, 0.717) is 22.6 Å². The Bertz CT molecular complexity index is 1400. The summed E-state index contributed by atoms with van der Waals surface area (Å²) >= 11 is 7.01. The van der Waals surface area contributed by atoms with Gasteiger partial charge in [0.05, 0.1) is 30.5 Å². The van der Waals surface area contributed by atoms with Crippen molar-refractivity contribution in [1.29, 1.82) is 0 Å². The Morgan fingerprint density at radius 3 is 2.41 bits per heavy atom. The fourth-order valence-corrected chi connectivity index (χ4v) is 4.38. The summed E-state index contributed by atoms with van der Waals surface area (Å²) in [5.74, 6) is 0.543. The Morgan fingerprint density at radius 2 is 1.73 bits per heavy atom. The summed E-state index contributed by atoms with van der Waals surface area (Å²) < 4.78 is 55.8. The van der Waals surface area contributed by atoms with Gasteiger partial charge in [0.15, 0.2) is 11.5 Å². The minimum Gasteiger partial charge on any atom is -0.493 e. The first-order valence-corrected chi connectivity index (χ1v) is 11.9. The SMILES string of the molecule is COc1ccc(-c2nnc(SC(C(=O)Nc3cc(C(F)(F)F)ccc3Cl)c3ccccc3)o2)cc1OC. The molecule has 1 atom stereocenters. The van der Waals surface area contributed by atoms with Crippen LogP contribution in [0, 0.1) is 0 Å². The Labute approximate surface area is 218 Å². The average molecular weight is 550 g/mol. The highest BCUT2D eigenvalue weighted by molar-refractivity contribution is 8.00. The third kappa shape index (κ3) is 6.17. The molecule has 4 aromatic rings. The largest absolute Gasteiger partial charge is 0.493 e. The molecule has 1 aromatic heterocycles. The van der Waals surface area contributed by atoms with Crippen LogP contribution in [0.2, 0.25) is 5.02 Å². The molecule has 12 heteroatoms. The van der Waals surface area contributed by atoms with Crippen LogP contribution in [0.3, 0.4) is 0 Å². The number of rotatable bonds is 8. The van der Waals surface area contributed by atoms with Gasteiger partial charge in [0, 0.05) is 5.56 Å². The van der Waals surface area contributed by atoms with Crippen LogP contribution in [-0.2, 0) is 11.0 Å². The topological polar surface area (TPSA) is 86.5 Å². The monoisotopic (exact) mass is 549 g/mol. The molecule has 0 spiro atoms. The van der Waals surface area contributed by atoms with Crippen molar-refractivity contribution in [3.8, 4) is 23.0 Å². The molecule has 0 aliphatic heterocycles. The van der Waals surface area contributed by atoms with Gasteiger partial charge < -0.3 is 19.2 Å². The van der Waals surface area contributed by atoms with Crippen molar-refractivity contribution in [1.82, 2.24) is 10.2 Å². The Kier molecular flexibility index (Phi) is 7.94. The van der Waals surface area contributed by atoms with Gasteiger partial charge >= 0.3 is 6.18 Å². The Balaban J connectivity index is 1.61. The second-order valence-corrected chi connectivity index (χ2v) is 9.00. The average Bonchev–Trinajstić information content (AvgIpc) is 3.36. The number of amides is 1. The van der Waals surface area contributed by atoms with E-state index in [1.807, 2.05) is 0 Å². The molecule has 1 amide bonds. The molecule has 0 saturated heterocycles. The minimum atomic E-state index is -4.60. The van der Waals surface area contributed by atoms with Crippen LogP contribution in [0.5, 0.6) is 11.5 Å². The molecule has 4 rings (SSSR count). The van der Waals surface area contributed by atoms with Crippen LogP contribution in [-0.4, -0.2) is 30.3 Å². The van der Waals surface area contributed by atoms with E-state index in [0.717, 1.165) is 30.0 Å². The predicted octanol–water partition coefficient (Wildman–Crippen LogP) is 6.90. The lowest BCUT2D eigenvalue weighted by Crippen LogP contribution is -2.20. The molecule has 0 saturated carbocycles. The molecule has 7 nitrogen and oxygen atoms in total. The summed E-state index contributed by atoms with van der Waals surface area (Å²) in [7, 11) is 3.01. The number of carbonyl (C=O) groups is 1. The number of hydrogen-bond acceptors (Lipinski definition) is 7. The van der Waals surface area contributed by atoms with E-state index in [1.54, 1.807) is 48.5 Å². The van der Waals surface area contributed by atoms with Gasteiger partial charge in [-0.15, -0.1) is 10.2 Å². The van der Waals surface area contributed by atoms with E-state index in [9.17, 15) is 18.0 Å². The second kappa shape index (κ2) is 11.1. The minimum absolute atomic E-state index is 0.0355. The van der Waals surface area contributed by atoms with E-state index in [-0.39, 0.29) is 21.8 Å². The first-order chi connectivity index (χ1) is 17.7. The highest BCUT2D eigenvalue weighted by Gasteiger charge is 2.32. The van der Waals surface area contributed by atoms with Crippen LogP contribution >= 0.6 is 23.4 Å². The molecule has 37 heavy (non-hydrogen) atoms. The van der Waals surface area contributed by atoms with Crippen molar-refractivity contribution in [3.63, 3.8) is 0 Å². The standard InChI is InChI=1S/C25H19ClF3N3O4S/c1-34-19-11-8-15(12-20(19)35-2)23-31-32-24(36-23)37-21(14-6-4-3-5-7-14)22(33)30-18-13-16(25(27,28)29)9-10-17(18)26/h3-13,21H,1-2H3,(H,30,33). The van der Waals surface area contributed by atoms with E-state index >= 15 is 0 Å². The van der Waals surface area contributed by atoms with E-state index in [2.05, 4.69) is 15.5 Å². The molecule has 0 aliphatic carbocycles. The molecule has 1 heterocycles. The molecule has 1 unspecified atom stereocenters. The number of nitrogens with zero attached hydrogens (tertiary/aromatic N) is 2. The van der Waals surface area contributed by atoms with Crippen molar-refractivity contribution in [2.45, 2.75) is 16.6 Å². The predicted molar refractivity (Wildman–Crippen MR) is 133 cm³/mol. The van der Waals surface area contributed by atoms with Gasteiger partial charge in [-0.3, -0.25) is 4.79 Å². The van der Waals surface area contributed by atoms with Crippen molar-refractivity contribution in [2.75, 3.05) is 19.5 Å². The highest BCUT2D eigenvalue weighted by atomic mass is 35.5. The van der Waals surface area contributed by atoms with Crippen molar-refractivity contribution in [2.24, 2.45) is 0 Å². The fourth-order valence-electron chi connectivity index (χ4n) is 3.34. The zero-order valence-electron chi connectivity index (χ0n) is 19.4. The molecule has 0 aliphatic rings. The number of hydrogen-bond donors (Lipinski definition) is 1. The molecular formula is C25H19ClF3N3O4S. The maximum absolute atomic E-state index is 13.3. The van der Waals surface area contributed by atoms with Gasteiger partial charge in [0.25, 0.3) is 5.22 Å². The van der Waals surface area contributed by atoms with Crippen LogP contribution in [0.4, 0.5) is 18.9 Å². The van der Waals surface area contributed by atoms with Crippen molar-refractivity contribution in [3.05, 3.63) is 82.9 Å². The molecular weight excluding hydrogens is 531 g/mol. The maximum atomic E-state index is 13.3. The molecule has 0 bridgehead atoms. The smallest absolute Gasteiger partial charge is 0.416 e. The van der Waals surface area contributed by atoms with Crippen LogP contribution < -0.4 is 14.8 Å². The van der Waals surface area contributed by atoms with E-state index in [4.69, 9.17) is 25.5 Å². The summed E-state index contributed by atoms with van der Waals surface area (Å²) in [5.41, 5.74) is 0.0274. The highest BCUT2D eigenvalue weighted by Crippen LogP contribution is 2.39. The third-order valence-corrected chi connectivity index (χ3v) is 6.57. The maximum Gasteiger partial charge on any atom is 0.416 e. The second-order valence-electron chi connectivity index (χ2n) is 7.53. The number of alkyl halides is 3. The number of nitrogens with one attached hydrogen (secondary N) is 1. The lowest BCUT2D eigenvalue weighted by Gasteiger charge is -2.17. The van der Waals surface area contributed by atoms with Crippen LogP contribution in [0.25, 0.3) is 11.5 Å². The first kappa shape index (κ1) is 26.4. The molecule has 0 fully saturated rings. The molecule has 3 aromatic carbocycles. The molecule has 0 radical (unpaired) electrons. The summed E-state index contributed by atoms with van der Waals surface area (Å²) in [4.78, 5) is 13.3. The number of carbonyl (C=O) groups excluding carboxylic acids is 1. The normalized spacial score (nSPS) is 12.2. The number of aromatic nitrogens is 2. The number of thioether (sulfide) groups is 1. The molecule has 192 valence electrons. The quantitative estimate of drug-likeness (QED) is 0.239. The number of halogens is 4. The van der Waals surface area contributed by atoms with Crippen LogP contribution in [0.1, 0.15) is 16.4 Å². The van der Waals surface area contributed by atoms with E-state index in [1.165, 1.54) is 14.2 Å². The zero-order chi connectivity index (χ0) is 26.6. The number of ether oxygens (including phenoxy) is 2. The van der Waals surface area contributed by atoms with Gasteiger partial charge in [0.2, 0.25) is 11.8 Å². The van der Waals surface area contributed by atoms with Gasteiger partial charge in [-0.05, 0) is 53.7 Å². The lowest BCUT2D eigenvalue weighted by molar-refractivity contribution is -0.137. The zero-order valence-corrected chi connectivity index (χ0v) is 20.9. The molecule has 1 N–H and O–H groups in total. The van der Waals surface area contributed by atoms with E-state index < -0.39 is 22.9 Å². The Hall–Kier alpha value is -3.70. The van der Waals surface area contributed by atoms with Crippen molar-refractivity contribution < 1.29 is 31.9 Å². The lowest BCUT2D eigenvalue weighted by atomic mass is 10.1. The summed E-state index contributed by atoms with van der Waals surface area (Å²) in [6.07, 6.45) is -4.60. The summed E-state index contributed by atoms with van der Waals surface area (Å²) in [5, 5.41) is 9.67. The number of anilines is 1. The number of benzene rings is 3. The fraction of sp³-hybridized carbons (Fsp3) is 0.160. The Morgan fingerprint density at radius 1 is 1.00 bits per heavy atom. The third-order valence-electron chi connectivity index (χ3n) is 5.15. The summed E-state index contributed by atoms with van der Waals surface area (Å²) in [6, 6.07) is 16.4. The van der Waals surface area contributed by atoms with Crippen molar-refractivity contribution >= 4 is 35.0 Å². The van der Waals surface area contributed by atoms with Gasteiger partial charge in [0.1, 0.15) is 5.25 Å². The summed E-state index contributed by atoms with van der Waals surface area (Å²) in [6.45, 7) is 0. The van der Waals surface area contributed by atoms with Gasteiger partial charge in [-0.2, -0.15) is 13.2 Å². The van der Waals surface area contributed by atoms with Gasteiger partial charge in [-0.25, -0.2) is 0 Å². The van der Waals surface area contributed by atoms with Gasteiger partial charge in [-0.1, -0.05) is 41.9 Å².